The number of Topliss-reactive ketones (excluding diaryl/α,β-unsaturated/α-hetero) is 1. The molecule has 2 aromatic carbocycles. The lowest BCUT2D eigenvalue weighted by Gasteiger charge is -2.19. The summed E-state index contributed by atoms with van der Waals surface area (Å²) in [6.07, 6.45) is 1.72. The van der Waals surface area contributed by atoms with E-state index in [0.29, 0.717) is 35.6 Å². The van der Waals surface area contributed by atoms with Gasteiger partial charge in [0.1, 0.15) is 31.2 Å². The van der Waals surface area contributed by atoms with Gasteiger partial charge in [-0.3, -0.25) is 9.79 Å². The molecule has 5 rings (SSSR count). The summed E-state index contributed by atoms with van der Waals surface area (Å²) < 4.78 is 19.4. The molecule has 0 radical (unpaired) electrons. The van der Waals surface area contributed by atoms with Gasteiger partial charge in [-0.05, 0) is 38.1 Å². The summed E-state index contributed by atoms with van der Waals surface area (Å²) in [6, 6.07) is 14.2. The van der Waals surface area contributed by atoms with Crippen molar-refractivity contribution in [3.05, 3.63) is 82.8 Å². The van der Waals surface area contributed by atoms with Crippen LogP contribution in [0.15, 0.2) is 59.9 Å². The summed E-state index contributed by atoms with van der Waals surface area (Å²) in [5, 5.41) is 3.00. The van der Waals surface area contributed by atoms with Crippen molar-refractivity contribution in [2.24, 2.45) is 4.99 Å². The van der Waals surface area contributed by atoms with Crippen molar-refractivity contribution >= 4 is 29.9 Å². The Kier molecular flexibility index (Phi) is 7.32. The third kappa shape index (κ3) is 5.65. The van der Waals surface area contributed by atoms with Gasteiger partial charge >= 0.3 is 11.9 Å². The van der Waals surface area contributed by atoms with Crippen LogP contribution in [0.4, 0.5) is 5.82 Å². The molecule has 3 heterocycles. The van der Waals surface area contributed by atoms with Gasteiger partial charge in [0.25, 0.3) is 0 Å². The molecule has 0 spiro atoms. The van der Waals surface area contributed by atoms with Gasteiger partial charge in [0.2, 0.25) is 5.78 Å². The van der Waals surface area contributed by atoms with Gasteiger partial charge in [-0.1, -0.05) is 35.4 Å². The number of esters is 2. The average Bonchev–Trinajstić information content (AvgIpc) is 3.43. The Morgan fingerprint density at radius 2 is 1.68 bits per heavy atom. The maximum absolute atomic E-state index is 12.9. The van der Waals surface area contributed by atoms with E-state index >= 15 is 0 Å². The molecule has 10 heteroatoms. The summed E-state index contributed by atoms with van der Waals surface area (Å²) in [5.74, 6) is -0.614. The van der Waals surface area contributed by atoms with Crippen LogP contribution in [0.5, 0.6) is 0 Å². The first kappa shape index (κ1) is 25.3. The number of hydrogen-bond acceptors (Lipinski definition) is 9. The van der Waals surface area contributed by atoms with Crippen LogP contribution in [0.3, 0.4) is 0 Å². The minimum Gasteiger partial charge on any atom is -0.459 e. The van der Waals surface area contributed by atoms with Gasteiger partial charge in [-0.2, -0.15) is 0 Å². The molecule has 1 N–H and O–H groups in total. The molecule has 0 saturated carbocycles. The number of hydrogen-bond donors (Lipinski definition) is 1. The van der Waals surface area contributed by atoms with Crippen LogP contribution < -0.4 is 5.32 Å². The molecular formula is C28H28N4O6. The lowest BCUT2D eigenvalue weighted by atomic mass is 10.1. The first-order chi connectivity index (χ1) is 18.4. The van der Waals surface area contributed by atoms with E-state index in [9.17, 15) is 14.4 Å². The molecule has 2 aliphatic rings. The molecule has 38 heavy (non-hydrogen) atoms. The molecule has 0 amide bonds. The topological polar surface area (TPSA) is 121 Å². The number of anilines is 1. The lowest BCUT2D eigenvalue weighted by molar-refractivity contribution is -0.0444. The van der Waals surface area contributed by atoms with Crippen LogP contribution >= 0.6 is 0 Å². The minimum absolute atomic E-state index is 0.0302. The van der Waals surface area contributed by atoms with Crippen molar-refractivity contribution < 1.29 is 28.6 Å². The molecule has 0 aliphatic carbocycles. The van der Waals surface area contributed by atoms with Crippen LogP contribution in [0.1, 0.15) is 48.8 Å². The first-order valence-electron chi connectivity index (χ1n) is 12.4. The monoisotopic (exact) mass is 516 g/mol. The Hall–Kier alpha value is -4.31. The number of benzene rings is 2. The summed E-state index contributed by atoms with van der Waals surface area (Å²) in [4.78, 5) is 46.0. The Bertz CT molecular complexity index is 1360. The van der Waals surface area contributed by atoms with E-state index < -0.39 is 24.1 Å². The van der Waals surface area contributed by atoms with Crippen molar-refractivity contribution in [2.45, 2.75) is 45.1 Å². The average molecular weight is 517 g/mol. The van der Waals surface area contributed by atoms with Crippen LogP contribution in [-0.4, -0.2) is 65.1 Å². The fourth-order valence-electron chi connectivity index (χ4n) is 4.42. The highest BCUT2D eigenvalue weighted by molar-refractivity contribution is 6.04. The number of carbonyl (C=O) groups is 3. The largest absolute Gasteiger partial charge is 0.459 e. The minimum atomic E-state index is -0.665. The van der Waals surface area contributed by atoms with Gasteiger partial charge in [0.05, 0.1) is 36.4 Å². The number of aliphatic imine (C=N–C) groups is 1. The summed E-state index contributed by atoms with van der Waals surface area (Å²) in [5.41, 5.74) is 3.23. The summed E-state index contributed by atoms with van der Waals surface area (Å²) in [7, 11) is 0. The number of ether oxygens (including phenoxy) is 3. The highest BCUT2D eigenvalue weighted by Crippen LogP contribution is 2.28. The second-order valence-corrected chi connectivity index (χ2v) is 9.44. The maximum atomic E-state index is 12.9. The predicted octanol–water partition coefficient (Wildman–Crippen LogP) is 3.38. The molecule has 3 atom stereocenters. The number of nitrogens with one attached hydrogen (secondary N) is 1. The highest BCUT2D eigenvalue weighted by atomic mass is 16.6. The van der Waals surface area contributed by atoms with E-state index in [2.05, 4.69) is 15.3 Å². The van der Waals surface area contributed by atoms with Crippen LogP contribution in [0.25, 0.3) is 0 Å². The molecule has 0 unspecified atom stereocenters. The number of aryl methyl sites for hydroxylation is 2. The molecule has 0 bridgehead atoms. The fourth-order valence-corrected chi connectivity index (χ4v) is 4.42. The Labute approximate surface area is 219 Å². The molecular weight excluding hydrogens is 488 g/mol. The number of rotatable bonds is 7. The van der Waals surface area contributed by atoms with Gasteiger partial charge in [-0.15, -0.1) is 0 Å². The van der Waals surface area contributed by atoms with Crippen LogP contribution in [-0.2, 0) is 20.8 Å². The number of ketones is 1. The van der Waals surface area contributed by atoms with E-state index in [4.69, 9.17) is 14.2 Å². The van der Waals surface area contributed by atoms with Crippen molar-refractivity contribution in [2.75, 3.05) is 18.5 Å². The van der Waals surface area contributed by atoms with Gasteiger partial charge < -0.3 is 24.1 Å². The van der Waals surface area contributed by atoms with Crippen molar-refractivity contribution in [3.63, 3.8) is 0 Å². The second-order valence-electron chi connectivity index (χ2n) is 9.44. The number of nitrogens with zero attached hydrogens (tertiary/aromatic N) is 3. The molecule has 3 aromatic rings. The molecule has 10 nitrogen and oxygen atoms in total. The molecule has 1 fully saturated rings. The van der Waals surface area contributed by atoms with Gasteiger partial charge in [-0.25, -0.2) is 14.6 Å². The molecule has 2 aliphatic heterocycles. The van der Waals surface area contributed by atoms with Crippen LogP contribution in [0.2, 0.25) is 0 Å². The SMILES string of the molecule is Cc1ccc(C(=O)OC[C@H]2O[C@H](Cn3cnc4c3NC=NCC4=O)C[C@H]2OC(=O)c2ccc(C)cc2)cc1. The smallest absolute Gasteiger partial charge is 0.338 e. The normalized spacial score (nSPS) is 20.4. The van der Waals surface area contributed by atoms with E-state index in [0.717, 1.165) is 11.1 Å². The number of fused-ring (bicyclic) bond motifs is 1. The van der Waals surface area contributed by atoms with E-state index in [1.54, 1.807) is 35.2 Å². The number of carbonyl (C=O) groups excluding carboxylic acids is 3. The van der Waals surface area contributed by atoms with Crippen LogP contribution in [0, 0.1) is 13.8 Å². The summed E-state index contributed by atoms with van der Waals surface area (Å²) >= 11 is 0. The third-order valence-corrected chi connectivity index (χ3v) is 6.52. The Morgan fingerprint density at radius 3 is 2.37 bits per heavy atom. The number of imidazole rings is 1. The van der Waals surface area contributed by atoms with E-state index in [-0.39, 0.29) is 25.0 Å². The predicted molar refractivity (Wildman–Crippen MR) is 139 cm³/mol. The fraction of sp³-hybridized carbons (Fsp3) is 0.321. The second kappa shape index (κ2) is 11.0. The first-order valence-corrected chi connectivity index (χ1v) is 12.4. The zero-order chi connectivity index (χ0) is 26.6. The maximum Gasteiger partial charge on any atom is 0.338 e. The third-order valence-electron chi connectivity index (χ3n) is 6.52. The van der Waals surface area contributed by atoms with Gasteiger partial charge in [0.15, 0.2) is 5.69 Å². The number of aromatic nitrogens is 2. The Morgan fingerprint density at radius 1 is 1.03 bits per heavy atom. The molecule has 1 aromatic heterocycles. The van der Waals surface area contributed by atoms with E-state index in [1.165, 1.54) is 6.34 Å². The quantitative estimate of drug-likeness (QED) is 0.475. The highest BCUT2D eigenvalue weighted by Gasteiger charge is 2.39. The standard InChI is InChI=1S/C28H28N4O6/c1-17-3-7-19(8-4-17)27(34)36-14-24-23(38-28(35)20-9-5-18(2)6-10-20)11-21(37-24)13-32-16-31-25-22(33)12-29-15-30-26(25)32/h3-10,15-16,21,23-24H,11-14H2,1-2H3,(H,29,30)/t21-,23+,24+/m0/s1. The van der Waals surface area contributed by atoms with Crippen molar-refractivity contribution in [1.29, 1.82) is 0 Å². The molecule has 196 valence electrons. The van der Waals surface area contributed by atoms with Gasteiger partial charge in [0, 0.05) is 6.42 Å². The zero-order valence-corrected chi connectivity index (χ0v) is 21.1. The van der Waals surface area contributed by atoms with E-state index in [1.807, 2.05) is 38.1 Å². The Balaban J connectivity index is 1.30. The lowest BCUT2D eigenvalue weighted by Crippen LogP contribution is -2.32. The van der Waals surface area contributed by atoms with Crippen molar-refractivity contribution in [1.82, 2.24) is 9.55 Å². The molecule has 1 saturated heterocycles. The zero-order valence-electron chi connectivity index (χ0n) is 21.1. The van der Waals surface area contributed by atoms with Crippen molar-refractivity contribution in [3.8, 4) is 0 Å². The summed E-state index contributed by atoms with van der Waals surface area (Å²) in [6.45, 7) is 4.17.